The van der Waals surface area contributed by atoms with Crippen LogP contribution in [0.4, 0.5) is 5.69 Å². The van der Waals surface area contributed by atoms with Crippen molar-refractivity contribution in [3.63, 3.8) is 0 Å². The van der Waals surface area contributed by atoms with Crippen LogP contribution < -0.4 is 5.32 Å². The van der Waals surface area contributed by atoms with E-state index in [0.29, 0.717) is 34.5 Å². The number of nitriles is 1. The highest BCUT2D eigenvalue weighted by Gasteiger charge is 2.26. The van der Waals surface area contributed by atoms with Gasteiger partial charge in [0.2, 0.25) is 5.91 Å². The van der Waals surface area contributed by atoms with E-state index in [-0.39, 0.29) is 17.5 Å². The van der Waals surface area contributed by atoms with Crippen molar-refractivity contribution in [3.8, 4) is 28.3 Å². The molecule has 0 spiro atoms. The summed E-state index contributed by atoms with van der Waals surface area (Å²) in [6, 6.07) is 17.0. The van der Waals surface area contributed by atoms with E-state index in [2.05, 4.69) is 16.6 Å². The molecule has 2 amide bonds. The molecule has 0 fully saturated rings. The van der Waals surface area contributed by atoms with Gasteiger partial charge >= 0.3 is 5.91 Å². The first kappa shape index (κ1) is 26.2. The predicted octanol–water partition coefficient (Wildman–Crippen LogP) is 6.32. The summed E-state index contributed by atoms with van der Waals surface area (Å²) in [5.74, 6) is -1.14. The van der Waals surface area contributed by atoms with Crippen molar-refractivity contribution < 1.29 is 9.59 Å². The average molecular weight is 459 g/mol. The van der Waals surface area contributed by atoms with Gasteiger partial charge in [0.1, 0.15) is 11.8 Å². The maximum absolute atomic E-state index is 12.3. The summed E-state index contributed by atoms with van der Waals surface area (Å²) in [5, 5.41) is 15.3. The highest BCUT2D eigenvalue weighted by molar-refractivity contribution is 6.02. The number of anilines is 1. The fourth-order valence-corrected chi connectivity index (χ4v) is 3.78. The normalized spacial score (nSPS) is 10.2. The van der Waals surface area contributed by atoms with Crippen LogP contribution in [0.25, 0.3) is 22.3 Å². The van der Waals surface area contributed by atoms with Gasteiger partial charge in [-0.25, -0.2) is 0 Å². The molecule has 7 heteroatoms. The van der Waals surface area contributed by atoms with E-state index in [1.54, 1.807) is 23.7 Å². The quantitative estimate of drug-likeness (QED) is 0.436. The SMILES string of the molecule is CC.CCc1c(C#N)c(-c2ccc(-c3ccccc3NC(=O)C(C)C)cc2)c(C(=O)N=O)n1C. The smallest absolute Gasteiger partial charge is 0.333 e. The van der Waals surface area contributed by atoms with Gasteiger partial charge in [0.15, 0.2) is 0 Å². The Morgan fingerprint density at radius 3 is 2.18 bits per heavy atom. The molecule has 0 unspecified atom stereocenters. The van der Waals surface area contributed by atoms with E-state index in [9.17, 15) is 19.8 Å². The van der Waals surface area contributed by atoms with E-state index in [4.69, 9.17) is 0 Å². The monoisotopic (exact) mass is 458 g/mol. The van der Waals surface area contributed by atoms with Gasteiger partial charge in [-0.2, -0.15) is 5.26 Å². The molecule has 1 N–H and O–H groups in total. The largest absolute Gasteiger partial charge is 0.342 e. The van der Waals surface area contributed by atoms with E-state index >= 15 is 0 Å². The summed E-state index contributed by atoms with van der Waals surface area (Å²) in [5.41, 5.74) is 4.58. The lowest BCUT2D eigenvalue weighted by Crippen LogP contribution is -2.18. The number of para-hydroxylation sites is 1. The molecular weight excluding hydrogens is 428 g/mol. The Labute approximate surface area is 200 Å². The number of aromatic nitrogens is 1. The van der Waals surface area contributed by atoms with Gasteiger partial charge < -0.3 is 9.88 Å². The summed E-state index contributed by atoms with van der Waals surface area (Å²) < 4.78 is 1.57. The number of carbonyl (C=O) groups excluding carboxylic acids is 2. The fraction of sp³-hybridized carbons (Fsp3) is 0.296. The molecule has 0 aliphatic carbocycles. The van der Waals surface area contributed by atoms with Crippen molar-refractivity contribution in [1.29, 1.82) is 5.26 Å². The zero-order valence-corrected chi connectivity index (χ0v) is 20.5. The summed E-state index contributed by atoms with van der Waals surface area (Å²) in [4.78, 5) is 35.5. The maximum Gasteiger partial charge on any atom is 0.333 e. The van der Waals surface area contributed by atoms with Gasteiger partial charge in [0, 0.05) is 40.7 Å². The minimum absolute atomic E-state index is 0.0753. The molecule has 0 saturated carbocycles. The lowest BCUT2D eigenvalue weighted by molar-refractivity contribution is -0.118. The first-order chi connectivity index (χ1) is 16.3. The molecule has 176 valence electrons. The molecule has 2 aromatic carbocycles. The molecular formula is C27H30N4O3. The third-order valence-corrected chi connectivity index (χ3v) is 5.44. The number of benzene rings is 2. The van der Waals surface area contributed by atoms with Crippen LogP contribution in [0.3, 0.4) is 0 Å². The van der Waals surface area contributed by atoms with Crippen LogP contribution in [0.15, 0.2) is 53.7 Å². The van der Waals surface area contributed by atoms with Gasteiger partial charge in [-0.15, -0.1) is 4.91 Å². The summed E-state index contributed by atoms with van der Waals surface area (Å²) in [7, 11) is 1.66. The van der Waals surface area contributed by atoms with E-state index in [1.165, 1.54) is 0 Å². The average Bonchev–Trinajstić information content (AvgIpc) is 3.16. The van der Waals surface area contributed by atoms with Crippen molar-refractivity contribution >= 4 is 17.5 Å². The predicted molar refractivity (Wildman–Crippen MR) is 135 cm³/mol. The standard InChI is InChI=1S/C25H24N4O3.C2H6/c1-5-21-19(14-26)22(23(29(21)4)25(31)28-32)17-12-10-16(11-13-17)18-8-6-7-9-20(18)27-24(30)15(2)3;1-2/h6-13,15H,5H2,1-4H3,(H,27,30);1-2H3. The Balaban J connectivity index is 0.00000199. The third kappa shape index (κ3) is 5.12. The van der Waals surface area contributed by atoms with E-state index in [1.807, 2.05) is 71.0 Å². The molecule has 0 atom stereocenters. The third-order valence-electron chi connectivity index (χ3n) is 5.44. The minimum Gasteiger partial charge on any atom is -0.342 e. The van der Waals surface area contributed by atoms with Gasteiger partial charge in [-0.05, 0) is 23.6 Å². The number of hydrogen-bond donors (Lipinski definition) is 1. The maximum atomic E-state index is 12.3. The molecule has 3 rings (SSSR count). The Bertz CT molecular complexity index is 1230. The number of nitroso groups, excluding NO2 is 1. The van der Waals surface area contributed by atoms with Crippen LogP contribution in [0.1, 0.15) is 56.4 Å². The Hall–Kier alpha value is -4.05. The van der Waals surface area contributed by atoms with Gasteiger partial charge in [0.05, 0.1) is 5.56 Å². The second kappa shape index (κ2) is 11.7. The van der Waals surface area contributed by atoms with Crippen molar-refractivity contribution in [3.05, 3.63) is 70.4 Å². The van der Waals surface area contributed by atoms with Gasteiger partial charge in [-0.1, -0.05) is 77.1 Å². The number of nitrogens with one attached hydrogen (secondary N) is 1. The first-order valence-corrected chi connectivity index (χ1v) is 11.3. The zero-order valence-electron chi connectivity index (χ0n) is 20.5. The Kier molecular flexibility index (Phi) is 9.02. The molecule has 0 saturated heterocycles. The second-order valence-corrected chi connectivity index (χ2v) is 7.73. The zero-order chi connectivity index (χ0) is 25.4. The summed E-state index contributed by atoms with van der Waals surface area (Å²) in [6.07, 6.45) is 0.527. The van der Waals surface area contributed by atoms with Crippen molar-refractivity contribution in [2.75, 3.05) is 5.32 Å². The number of hydrogen-bond acceptors (Lipinski definition) is 4. The van der Waals surface area contributed by atoms with Crippen molar-refractivity contribution in [2.24, 2.45) is 18.1 Å². The number of amides is 2. The molecule has 1 heterocycles. The Morgan fingerprint density at radius 1 is 1.06 bits per heavy atom. The van der Waals surface area contributed by atoms with Crippen LogP contribution in [0.2, 0.25) is 0 Å². The number of nitrogens with zero attached hydrogens (tertiary/aromatic N) is 3. The highest BCUT2D eigenvalue weighted by atomic mass is 16.3. The minimum atomic E-state index is -0.912. The number of rotatable bonds is 6. The van der Waals surface area contributed by atoms with E-state index in [0.717, 1.165) is 11.1 Å². The Morgan fingerprint density at radius 2 is 1.65 bits per heavy atom. The summed E-state index contributed by atoms with van der Waals surface area (Å²) >= 11 is 0. The molecule has 0 radical (unpaired) electrons. The molecule has 3 aromatic rings. The van der Waals surface area contributed by atoms with Crippen molar-refractivity contribution in [2.45, 2.75) is 41.0 Å². The van der Waals surface area contributed by atoms with Crippen LogP contribution in [-0.4, -0.2) is 16.4 Å². The fourth-order valence-electron chi connectivity index (χ4n) is 3.78. The summed E-state index contributed by atoms with van der Waals surface area (Å²) in [6.45, 7) is 9.54. The van der Waals surface area contributed by atoms with Crippen molar-refractivity contribution in [1.82, 2.24) is 4.57 Å². The van der Waals surface area contributed by atoms with Crippen LogP contribution in [0.5, 0.6) is 0 Å². The molecule has 0 bridgehead atoms. The lowest BCUT2D eigenvalue weighted by atomic mass is 9.96. The van der Waals surface area contributed by atoms with Crippen LogP contribution in [0, 0.1) is 22.2 Å². The van der Waals surface area contributed by atoms with Crippen LogP contribution >= 0.6 is 0 Å². The highest BCUT2D eigenvalue weighted by Crippen LogP contribution is 2.35. The first-order valence-electron chi connectivity index (χ1n) is 11.3. The van der Waals surface area contributed by atoms with Crippen LogP contribution in [-0.2, 0) is 18.3 Å². The van der Waals surface area contributed by atoms with Gasteiger partial charge in [0.25, 0.3) is 0 Å². The molecule has 0 aliphatic rings. The van der Waals surface area contributed by atoms with E-state index < -0.39 is 5.91 Å². The number of carbonyl (C=O) groups is 2. The molecule has 7 nitrogen and oxygen atoms in total. The van der Waals surface area contributed by atoms with Gasteiger partial charge in [-0.3, -0.25) is 9.59 Å². The topological polar surface area (TPSA) is 104 Å². The lowest BCUT2D eigenvalue weighted by Gasteiger charge is -2.13. The molecule has 34 heavy (non-hydrogen) atoms. The molecule has 1 aromatic heterocycles. The molecule has 0 aliphatic heterocycles. The second-order valence-electron chi connectivity index (χ2n) is 7.73.